The molecule has 0 saturated carbocycles. The van der Waals surface area contributed by atoms with Crippen LogP contribution in [-0.4, -0.2) is 43.8 Å². The van der Waals surface area contributed by atoms with Crippen molar-refractivity contribution in [2.75, 3.05) is 10.8 Å². The van der Waals surface area contributed by atoms with Gasteiger partial charge < -0.3 is 10.2 Å². The smallest absolute Gasteiger partial charge is 0.352 e. The lowest BCUT2D eigenvalue weighted by molar-refractivity contribution is -0.139. The molecule has 0 spiro atoms. The molecular formula is C29H30Cl2F3N3O4S. The summed E-state index contributed by atoms with van der Waals surface area (Å²) in [5, 5.41) is 2.39. The van der Waals surface area contributed by atoms with Crippen molar-refractivity contribution in [3.05, 3.63) is 93.5 Å². The van der Waals surface area contributed by atoms with Crippen LogP contribution < -0.4 is 9.62 Å². The minimum Gasteiger partial charge on any atom is -0.352 e. The van der Waals surface area contributed by atoms with Crippen LogP contribution in [0.25, 0.3) is 0 Å². The van der Waals surface area contributed by atoms with Crippen LogP contribution in [0.2, 0.25) is 10.0 Å². The number of sulfonamides is 1. The first-order valence-corrected chi connectivity index (χ1v) is 15.0. The molecule has 1 unspecified atom stereocenters. The predicted molar refractivity (Wildman–Crippen MR) is 157 cm³/mol. The summed E-state index contributed by atoms with van der Waals surface area (Å²) in [6.45, 7) is 5.59. The summed E-state index contributed by atoms with van der Waals surface area (Å²) in [5.74, 6) is -1.36. The van der Waals surface area contributed by atoms with Gasteiger partial charge in [0.2, 0.25) is 11.8 Å². The zero-order valence-corrected chi connectivity index (χ0v) is 25.6. The van der Waals surface area contributed by atoms with Gasteiger partial charge in [-0.1, -0.05) is 59.1 Å². The van der Waals surface area contributed by atoms with Gasteiger partial charge in [0.25, 0.3) is 10.0 Å². The van der Waals surface area contributed by atoms with E-state index in [2.05, 4.69) is 5.32 Å². The Morgan fingerprint density at radius 2 is 1.55 bits per heavy atom. The number of hydrogen-bond acceptors (Lipinski definition) is 4. The van der Waals surface area contributed by atoms with Crippen molar-refractivity contribution in [3.63, 3.8) is 0 Å². The van der Waals surface area contributed by atoms with Gasteiger partial charge in [0, 0.05) is 17.6 Å². The summed E-state index contributed by atoms with van der Waals surface area (Å²) < 4.78 is 69.5. The lowest BCUT2D eigenvalue weighted by Crippen LogP contribution is -2.52. The van der Waals surface area contributed by atoms with Crippen molar-refractivity contribution >= 4 is 50.7 Å². The molecule has 42 heavy (non-hydrogen) atoms. The van der Waals surface area contributed by atoms with Crippen molar-refractivity contribution in [1.82, 2.24) is 10.2 Å². The first kappa shape index (κ1) is 33.2. The van der Waals surface area contributed by atoms with Crippen LogP contribution in [0.15, 0.2) is 71.6 Å². The molecule has 3 aromatic carbocycles. The van der Waals surface area contributed by atoms with Gasteiger partial charge in [-0.15, -0.1) is 0 Å². The topological polar surface area (TPSA) is 86.8 Å². The molecule has 1 atom stereocenters. The Balaban J connectivity index is 2.14. The van der Waals surface area contributed by atoms with Gasteiger partial charge in [-0.25, -0.2) is 8.42 Å². The van der Waals surface area contributed by atoms with Crippen molar-refractivity contribution in [2.45, 2.75) is 57.4 Å². The van der Waals surface area contributed by atoms with Crippen molar-refractivity contribution in [3.8, 4) is 0 Å². The van der Waals surface area contributed by atoms with E-state index in [0.717, 1.165) is 22.6 Å². The Labute approximate surface area is 253 Å². The minimum atomic E-state index is -4.89. The summed E-state index contributed by atoms with van der Waals surface area (Å²) in [5.41, 5.74) is -0.470. The van der Waals surface area contributed by atoms with Crippen LogP contribution in [0.1, 0.15) is 37.5 Å². The molecule has 0 aliphatic carbocycles. The number of aryl methyl sites for hydroxylation is 1. The average molecular weight is 645 g/mol. The number of alkyl halides is 3. The van der Waals surface area contributed by atoms with E-state index in [1.807, 2.05) is 0 Å². The van der Waals surface area contributed by atoms with E-state index in [1.165, 1.54) is 31.2 Å². The third-order valence-electron chi connectivity index (χ3n) is 6.33. The van der Waals surface area contributed by atoms with Gasteiger partial charge in [0.05, 0.1) is 21.2 Å². The zero-order valence-electron chi connectivity index (χ0n) is 23.2. The maximum Gasteiger partial charge on any atom is 0.417 e. The van der Waals surface area contributed by atoms with Crippen LogP contribution in [0, 0.1) is 6.92 Å². The second-order valence-electron chi connectivity index (χ2n) is 9.94. The Bertz CT molecular complexity index is 1550. The van der Waals surface area contributed by atoms with Gasteiger partial charge in [-0.2, -0.15) is 13.2 Å². The van der Waals surface area contributed by atoms with Gasteiger partial charge in [-0.3, -0.25) is 13.9 Å². The van der Waals surface area contributed by atoms with Crippen molar-refractivity contribution in [1.29, 1.82) is 0 Å². The Hall–Kier alpha value is -3.28. The first-order chi connectivity index (χ1) is 19.5. The Morgan fingerprint density at radius 1 is 0.929 bits per heavy atom. The van der Waals surface area contributed by atoms with Crippen LogP contribution in [0.3, 0.4) is 0 Å². The van der Waals surface area contributed by atoms with Crippen LogP contribution in [0.4, 0.5) is 18.9 Å². The lowest BCUT2D eigenvalue weighted by Gasteiger charge is -2.32. The SMILES string of the molecule is Cc1ccc(S(=O)(=O)N(CC(=O)N(Cc2ccccc2Cl)C(C)C(=O)NC(C)C)c2ccc(Cl)c(C(F)(F)F)c2)cc1. The van der Waals surface area contributed by atoms with E-state index in [-0.39, 0.29) is 17.5 Å². The summed E-state index contributed by atoms with van der Waals surface area (Å²) in [6.07, 6.45) is -4.89. The molecule has 2 amide bonds. The van der Waals surface area contributed by atoms with Crippen LogP contribution >= 0.6 is 23.2 Å². The maximum absolute atomic E-state index is 13.9. The molecule has 7 nitrogen and oxygen atoms in total. The number of nitrogens with one attached hydrogen (secondary N) is 1. The second-order valence-corrected chi connectivity index (χ2v) is 12.6. The fraction of sp³-hybridized carbons (Fsp3) is 0.310. The molecule has 0 radical (unpaired) electrons. The van der Waals surface area contributed by atoms with Crippen LogP contribution in [0.5, 0.6) is 0 Å². The molecule has 3 rings (SSSR count). The quantitative estimate of drug-likeness (QED) is 0.275. The number of anilines is 1. The number of amides is 2. The largest absolute Gasteiger partial charge is 0.417 e. The standard InChI is InChI=1S/C29H30Cl2F3N3O4S/c1-18(2)35-28(39)20(4)36(16-21-7-5-6-8-25(21)30)27(38)17-37(42(40,41)23-12-9-19(3)10-13-23)22-11-14-26(31)24(15-22)29(32,33)34/h5-15,18,20H,16-17H2,1-4H3,(H,35,39). The first-order valence-electron chi connectivity index (χ1n) is 12.8. The Kier molecular flexibility index (Phi) is 10.6. The number of halogens is 5. The molecule has 3 aromatic rings. The van der Waals surface area contributed by atoms with E-state index < -0.39 is 56.9 Å². The van der Waals surface area contributed by atoms with Gasteiger partial charge in [-0.05, 0) is 69.7 Å². The normalized spacial score (nSPS) is 12.6. The predicted octanol–water partition coefficient (Wildman–Crippen LogP) is 6.46. The highest BCUT2D eigenvalue weighted by atomic mass is 35.5. The van der Waals surface area contributed by atoms with E-state index in [1.54, 1.807) is 45.0 Å². The third kappa shape index (κ3) is 7.96. The number of rotatable bonds is 10. The molecule has 0 saturated heterocycles. The molecule has 1 N–H and O–H groups in total. The molecule has 226 valence electrons. The molecule has 0 aliphatic rings. The van der Waals surface area contributed by atoms with Crippen molar-refractivity contribution in [2.24, 2.45) is 0 Å². The monoisotopic (exact) mass is 643 g/mol. The average Bonchev–Trinajstić information content (AvgIpc) is 2.90. The van der Waals surface area contributed by atoms with Gasteiger partial charge in [0.15, 0.2) is 0 Å². The molecule has 0 heterocycles. The van der Waals surface area contributed by atoms with Crippen LogP contribution in [-0.2, 0) is 32.3 Å². The van der Waals surface area contributed by atoms with E-state index in [9.17, 15) is 31.2 Å². The molecule has 0 bridgehead atoms. The fourth-order valence-electron chi connectivity index (χ4n) is 4.05. The third-order valence-corrected chi connectivity index (χ3v) is 8.81. The molecule has 0 aliphatic heterocycles. The summed E-state index contributed by atoms with van der Waals surface area (Å²) in [6, 6.07) is 13.5. The minimum absolute atomic E-state index is 0.169. The van der Waals surface area contributed by atoms with E-state index >= 15 is 0 Å². The lowest BCUT2D eigenvalue weighted by atomic mass is 10.1. The fourth-order valence-corrected chi connectivity index (χ4v) is 5.88. The number of hydrogen-bond donors (Lipinski definition) is 1. The Morgan fingerprint density at radius 3 is 2.12 bits per heavy atom. The van der Waals surface area contributed by atoms with E-state index in [4.69, 9.17) is 23.2 Å². The molecule has 0 aromatic heterocycles. The van der Waals surface area contributed by atoms with Crippen molar-refractivity contribution < 1.29 is 31.2 Å². The summed E-state index contributed by atoms with van der Waals surface area (Å²) in [7, 11) is -4.57. The summed E-state index contributed by atoms with van der Waals surface area (Å²) >= 11 is 12.1. The molecular weight excluding hydrogens is 614 g/mol. The zero-order chi connectivity index (χ0) is 31.4. The highest BCUT2D eigenvalue weighted by Gasteiger charge is 2.37. The number of benzene rings is 3. The molecule has 0 fully saturated rings. The maximum atomic E-state index is 13.9. The van der Waals surface area contributed by atoms with Gasteiger partial charge >= 0.3 is 6.18 Å². The highest BCUT2D eigenvalue weighted by Crippen LogP contribution is 2.38. The summed E-state index contributed by atoms with van der Waals surface area (Å²) in [4.78, 5) is 27.8. The van der Waals surface area contributed by atoms with E-state index in [0.29, 0.717) is 21.0 Å². The number of carbonyl (C=O) groups excluding carboxylic acids is 2. The molecule has 13 heteroatoms. The number of carbonyl (C=O) groups is 2. The van der Waals surface area contributed by atoms with Gasteiger partial charge in [0.1, 0.15) is 12.6 Å². The second kappa shape index (κ2) is 13.4. The number of nitrogens with zero attached hydrogens (tertiary/aromatic N) is 2. The highest BCUT2D eigenvalue weighted by molar-refractivity contribution is 7.92.